The lowest BCUT2D eigenvalue weighted by Crippen LogP contribution is -2.47. The number of anilines is 2. The third-order valence-electron chi connectivity index (χ3n) is 7.33. The molecule has 0 radical (unpaired) electrons. The molecular weight excluding hydrogens is 677 g/mol. The van der Waals surface area contributed by atoms with Crippen LogP contribution >= 0.6 is 11.6 Å². The van der Waals surface area contributed by atoms with Crippen molar-refractivity contribution >= 4 is 62.3 Å². The van der Waals surface area contributed by atoms with E-state index in [-0.39, 0.29) is 32.5 Å². The molecule has 1 aliphatic rings. The first-order valence-corrected chi connectivity index (χ1v) is 16.2. The number of halogens is 4. The summed E-state index contributed by atoms with van der Waals surface area (Å²) in [5, 5.41) is 0.328. The highest BCUT2D eigenvalue weighted by Crippen LogP contribution is 2.35. The van der Waals surface area contributed by atoms with Crippen molar-refractivity contribution in [2.75, 3.05) is 23.4 Å². The van der Waals surface area contributed by atoms with Crippen LogP contribution in [0.1, 0.15) is 37.6 Å². The monoisotopic (exact) mass is 706 g/mol. The molecule has 5 rings (SSSR count). The molecule has 1 aliphatic heterocycles. The van der Waals surface area contributed by atoms with Gasteiger partial charge < -0.3 is 4.74 Å². The molecule has 1 atom stereocenters. The lowest BCUT2D eigenvalue weighted by Gasteiger charge is -2.26. The van der Waals surface area contributed by atoms with Crippen molar-refractivity contribution in [2.24, 2.45) is 0 Å². The van der Waals surface area contributed by atoms with Crippen molar-refractivity contribution in [1.29, 1.82) is 0 Å². The van der Waals surface area contributed by atoms with Crippen LogP contribution in [0.3, 0.4) is 0 Å². The highest BCUT2D eigenvalue weighted by molar-refractivity contribution is 7.90. The molecular formula is C31H30ClF3N6O6S. The predicted octanol–water partition coefficient (Wildman–Crippen LogP) is 6.17. The van der Waals surface area contributed by atoms with Crippen LogP contribution in [-0.2, 0) is 25.7 Å². The average molecular weight is 707 g/mol. The van der Waals surface area contributed by atoms with E-state index < -0.39 is 63.8 Å². The number of imide groups is 1. The summed E-state index contributed by atoms with van der Waals surface area (Å²) in [7, 11) is -2.91. The number of amides is 4. The molecule has 1 fully saturated rings. The molecule has 4 heterocycles. The molecule has 3 aromatic heterocycles. The first-order valence-electron chi connectivity index (χ1n) is 14.4. The number of nitrogens with zero attached hydrogens (tertiary/aromatic N) is 6. The molecule has 12 nitrogen and oxygen atoms in total. The predicted molar refractivity (Wildman–Crippen MR) is 170 cm³/mol. The van der Waals surface area contributed by atoms with E-state index >= 15 is 0 Å². The van der Waals surface area contributed by atoms with E-state index in [9.17, 15) is 36.0 Å². The topological polar surface area (TPSA) is 135 Å². The van der Waals surface area contributed by atoms with E-state index in [1.165, 1.54) is 44.4 Å². The first kappa shape index (κ1) is 34.6. The number of rotatable bonds is 5. The molecule has 0 bridgehead atoms. The number of fused-ring (bicyclic) bond motifs is 1. The Balaban J connectivity index is 1.57. The number of pyridine rings is 2. The first-order chi connectivity index (χ1) is 22.2. The maximum Gasteiger partial charge on any atom is 0.418 e. The minimum Gasteiger partial charge on any atom is -0.443 e. The number of carbonyl (C=O) groups is 3. The van der Waals surface area contributed by atoms with Crippen LogP contribution in [0.15, 0.2) is 59.6 Å². The number of alkyl halides is 3. The summed E-state index contributed by atoms with van der Waals surface area (Å²) < 4.78 is 74.6. The largest absolute Gasteiger partial charge is 0.443 e. The zero-order chi connectivity index (χ0) is 35.5. The van der Waals surface area contributed by atoms with Crippen molar-refractivity contribution in [3.8, 4) is 0 Å². The lowest BCUT2D eigenvalue weighted by molar-refractivity contribution is -0.137. The third-order valence-corrected chi connectivity index (χ3v) is 9.29. The maximum atomic E-state index is 14.1. The molecule has 0 aliphatic carbocycles. The highest BCUT2D eigenvalue weighted by atomic mass is 35.5. The zero-order valence-corrected chi connectivity index (χ0v) is 28.1. The Kier molecular flexibility index (Phi) is 8.71. The van der Waals surface area contributed by atoms with Gasteiger partial charge in [0.1, 0.15) is 23.3 Å². The summed E-state index contributed by atoms with van der Waals surface area (Å²) in [4.78, 5) is 51.5. The summed E-state index contributed by atoms with van der Waals surface area (Å²) in [6.45, 7) is 7.16. The van der Waals surface area contributed by atoms with Gasteiger partial charge in [-0.3, -0.25) is 14.6 Å². The number of ether oxygens (including phenoxy) is 1. The fourth-order valence-electron chi connectivity index (χ4n) is 5.01. The Morgan fingerprint density at radius 3 is 2.27 bits per heavy atom. The molecule has 1 aromatic carbocycles. The molecule has 254 valence electrons. The fraction of sp³-hybridized carbons (Fsp3) is 0.323. The number of hydrogen-bond donors (Lipinski definition) is 0. The lowest BCUT2D eigenvalue weighted by atomic mass is 10.2. The maximum absolute atomic E-state index is 14.1. The van der Waals surface area contributed by atoms with Gasteiger partial charge in [0.2, 0.25) is 0 Å². The van der Waals surface area contributed by atoms with Crippen LogP contribution in [0.25, 0.3) is 11.0 Å². The number of hydrogen-bond acceptors (Lipinski definition) is 8. The fourth-order valence-corrected chi connectivity index (χ4v) is 6.63. The quantitative estimate of drug-likeness (QED) is 0.241. The molecule has 4 amide bonds. The molecule has 0 saturated carbocycles. The summed E-state index contributed by atoms with van der Waals surface area (Å²) in [5.74, 6) is -1.47. The number of benzene rings is 1. The minimum atomic E-state index is -4.80. The molecule has 1 unspecified atom stereocenters. The van der Waals surface area contributed by atoms with E-state index in [1.807, 2.05) is 0 Å². The van der Waals surface area contributed by atoms with Gasteiger partial charge in [-0.2, -0.15) is 13.2 Å². The smallest absolute Gasteiger partial charge is 0.418 e. The zero-order valence-electron chi connectivity index (χ0n) is 26.5. The SMILES string of the molecule is Cc1ccc(S(=O)(=O)n2cc(Cl)c3ccc(N(C)C(=O)C4CN(C(=O)OC(C)(C)C)C(=O)N4c4cc(C(F)(F)F)cc(C)n4)nc32)cc1. The molecule has 0 spiro atoms. The number of likely N-dealkylation sites (N-methyl/N-ethyl adjacent to an activating group) is 1. The Bertz CT molecular complexity index is 2060. The van der Waals surface area contributed by atoms with Crippen molar-refractivity contribution in [2.45, 2.75) is 57.3 Å². The summed E-state index contributed by atoms with van der Waals surface area (Å²) in [6, 6.07) is 7.63. The second-order valence-electron chi connectivity index (χ2n) is 12.1. The number of aryl methyl sites for hydroxylation is 2. The van der Waals surface area contributed by atoms with Gasteiger partial charge in [-0.15, -0.1) is 0 Å². The van der Waals surface area contributed by atoms with Crippen molar-refractivity contribution in [3.05, 3.63) is 76.6 Å². The standard InChI is InChI=1S/C31H30ClF3N6O6S/c1-17-7-9-20(10-8-17)48(45,46)40-15-22(32)21-11-12-24(37-26(21)40)38(6)27(42)23-16-39(29(44)47-30(3,4)5)28(43)41(23)25-14-19(31(33,34)35)13-18(2)36-25/h7-15,23H,16H2,1-6H3. The van der Waals surface area contributed by atoms with Crippen LogP contribution in [0, 0.1) is 13.8 Å². The van der Waals surface area contributed by atoms with Gasteiger partial charge in [-0.25, -0.2) is 36.8 Å². The number of carbonyl (C=O) groups excluding carboxylic acids is 3. The Hall–Kier alpha value is -4.70. The summed E-state index contributed by atoms with van der Waals surface area (Å²) in [5.41, 5.74) is -1.52. The van der Waals surface area contributed by atoms with Gasteiger partial charge in [0.15, 0.2) is 5.65 Å². The van der Waals surface area contributed by atoms with Gasteiger partial charge in [0, 0.05) is 24.3 Å². The molecule has 48 heavy (non-hydrogen) atoms. The second kappa shape index (κ2) is 12.1. The van der Waals surface area contributed by atoms with E-state index in [1.54, 1.807) is 39.8 Å². The van der Waals surface area contributed by atoms with Crippen molar-refractivity contribution < 1.29 is 40.7 Å². The van der Waals surface area contributed by atoms with E-state index in [4.69, 9.17) is 16.3 Å². The van der Waals surface area contributed by atoms with Crippen LogP contribution < -0.4 is 9.80 Å². The van der Waals surface area contributed by atoms with Crippen LogP contribution in [0.2, 0.25) is 5.02 Å². The number of urea groups is 1. The van der Waals surface area contributed by atoms with E-state index in [0.717, 1.165) is 20.5 Å². The van der Waals surface area contributed by atoms with Gasteiger partial charge >= 0.3 is 18.3 Å². The van der Waals surface area contributed by atoms with Crippen LogP contribution in [0.5, 0.6) is 0 Å². The summed E-state index contributed by atoms with van der Waals surface area (Å²) >= 11 is 6.36. The van der Waals surface area contributed by atoms with Crippen molar-refractivity contribution in [3.63, 3.8) is 0 Å². The molecule has 4 aromatic rings. The molecule has 17 heteroatoms. The van der Waals surface area contributed by atoms with Gasteiger partial charge in [0.25, 0.3) is 15.9 Å². The minimum absolute atomic E-state index is 0.0375. The number of aromatic nitrogens is 3. The van der Waals surface area contributed by atoms with Gasteiger partial charge in [-0.1, -0.05) is 29.3 Å². The summed E-state index contributed by atoms with van der Waals surface area (Å²) in [6.07, 6.45) is -4.74. The van der Waals surface area contributed by atoms with E-state index in [0.29, 0.717) is 15.9 Å². The Morgan fingerprint density at radius 2 is 1.67 bits per heavy atom. The van der Waals surface area contributed by atoms with Gasteiger partial charge in [0.05, 0.1) is 22.0 Å². The Morgan fingerprint density at radius 1 is 1.02 bits per heavy atom. The highest BCUT2D eigenvalue weighted by Gasteiger charge is 2.49. The van der Waals surface area contributed by atoms with Gasteiger partial charge in [-0.05, 0) is 71.0 Å². The average Bonchev–Trinajstić information content (AvgIpc) is 3.51. The molecule has 0 N–H and O–H groups in total. The molecule has 1 saturated heterocycles. The Labute approximate surface area is 278 Å². The van der Waals surface area contributed by atoms with Crippen LogP contribution in [-0.4, -0.2) is 70.5 Å². The van der Waals surface area contributed by atoms with E-state index in [2.05, 4.69) is 9.97 Å². The van der Waals surface area contributed by atoms with Crippen LogP contribution in [0.4, 0.5) is 34.4 Å². The second-order valence-corrected chi connectivity index (χ2v) is 14.4. The normalized spacial score (nSPS) is 15.7. The third kappa shape index (κ3) is 6.54. The van der Waals surface area contributed by atoms with Crippen molar-refractivity contribution in [1.82, 2.24) is 18.8 Å².